The normalized spacial score (nSPS) is 12.3. The molecule has 116 valence electrons. The molecule has 1 rings (SSSR count). The maximum atomic E-state index is 12.2. The lowest BCUT2D eigenvalue weighted by Crippen LogP contribution is -2.45. The molecule has 1 aromatic carbocycles. The van der Waals surface area contributed by atoms with Crippen LogP contribution in [0.2, 0.25) is 0 Å². The predicted molar refractivity (Wildman–Crippen MR) is 54.7 cm³/mol. The van der Waals surface area contributed by atoms with Crippen LogP contribution >= 0.6 is 0 Å². The van der Waals surface area contributed by atoms with Crippen molar-refractivity contribution in [1.82, 2.24) is 0 Å². The van der Waals surface area contributed by atoms with Crippen LogP contribution in [0.4, 0.5) is 26.3 Å². The molecule has 0 atom stereocenters. The van der Waals surface area contributed by atoms with E-state index in [1.54, 1.807) is 0 Å². The first-order chi connectivity index (χ1) is 9.43. The third-order valence-electron chi connectivity index (χ3n) is 2.19. The Bertz CT molecular complexity index is 517. The van der Waals surface area contributed by atoms with E-state index in [1.165, 1.54) is 0 Å². The molecule has 0 aliphatic rings. The Hall–Kier alpha value is -2.26. The van der Waals surface area contributed by atoms with Gasteiger partial charge >= 0.3 is 24.3 Å². The number of carbonyl (C=O) groups is 2. The van der Waals surface area contributed by atoms with Crippen LogP contribution in [0.1, 0.15) is 20.7 Å². The summed E-state index contributed by atoms with van der Waals surface area (Å²) >= 11 is 0. The molecule has 1 aromatic rings. The fraction of sp³-hybridized carbons (Fsp3) is 0.273. The zero-order chi connectivity index (χ0) is 16.4. The average molecular weight is 316 g/mol. The maximum absolute atomic E-state index is 12.2. The number of carbonyl (C=O) groups excluding carboxylic acids is 1. The molecule has 0 aliphatic heterocycles. The molecule has 0 saturated carbocycles. The van der Waals surface area contributed by atoms with Crippen LogP contribution in [0.5, 0.6) is 0 Å². The molecular weight excluding hydrogens is 310 g/mol. The van der Waals surface area contributed by atoms with Crippen LogP contribution in [0.15, 0.2) is 24.3 Å². The lowest BCUT2D eigenvalue weighted by molar-refractivity contribution is -0.307. The summed E-state index contributed by atoms with van der Waals surface area (Å²) in [7, 11) is 0. The van der Waals surface area contributed by atoms with Gasteiger partial charge in [0.1, 0.15) is 0 Å². The van der Waals surface area contributed by atoms with Gasteiger partial charge in [0.15, 0.2) is 0 Å². The highest BCUT2D eigenvalue weighted by atomic mass is 19.4. The molecule has 0 heterocycles. The van der Waals surface area contributed by atoms with Crippen molar-refractivity contribution in [3.05, 3.63) is 35.4 Å². The van der Waals surface area contributed by atoms with Gasteiger partial charge in [-0.25, -0.2) is 9.59 Å². The first kappa shape index (κ1) is 16.8. The molecule has 1 N–H and O–H groups in total. The number of hydrogen-bond acceptors (Lipinski definition) is 3. The highest BCUT2D eigenvalue weighted by Gasteiger charge is 2.59. The Morgan fingerprint density at radius 3 is 1.62 bits per heavy atom. The van der Waals surface area contributed by atoms with E-state index in [0.29, 0.717) is 0 Å². The molecular formula is C11H6F6O4. The molecule has 0 aliphatic carbocycles. The summed E-state index contributed by atoms with van der Waals surface area (Å²) in [6, 6.07) is 3.18. The molecule has 0 radical (unpaired) electrons. The van der Waals surface area contributed by atoms with Gasteiger partial charge in [-0.2, -0.15) is 26.3 Å². The summed E-state index contributed by atoms with van der Waals surface area (Å²) < 4.78 is 76.6. The van der Waals surface area contributed by atoms with Gasteiger partial charge in [-0.05, 0) is 24.3 Å². The van der Waals surface area contributed by atoms with E-state index in [4.69, 9.17) is 5.11 Å². The SMILES string of the molecule is O=C(O)c1ccc(C(=O)OC(C(F)(F)F)C(F)(F)F)cc1. The summed E-state index contributed by atoms with van der Waals surface area (Å²) in [4.78, 5) is 21.8. The molecule has 0 saturated heterocycles. The van der Waals surface area contributed by atoms with E-state index >= 15 is 0 Å². The van der Waals surface area contributed by atoms with E-state index < -0.39 is 36.0 Å². The minimum atomic E-state index is -5.81. The van der Waals surface area contributed by atoms with Crippen LogP contribution in [0.3, 0.4) is 0 Å². The van der Waals surface area contributed by atoms with Crippen LogP contribution in [-0.2, 0) is 4.74 Å². The van der Waals surface area contributed by atoms with Gasteiger partial charge in [-0.15, -0.1) is 0 Å². The highest BCUT2D eigenvalue weighted by Crippen LogP contribution is 2.36. The maximum Gasteiger partial charge on any atom is 0.434 e. The number of carboxylic acids is 1. The number of halogens is 6. The molecule has 0 spiro atoms. The lowest BCUT2D eigenvalue weighted by atomic mass is 10.1. The average Bonchev–Trinajstić information content (AvgIpc) is 2.33. The Balaban J connectivity index is 2.95. The Labute approximate surface area is 112 Å². The standard InChI is InChI=1S/C11H6F6O4/c12-10(13,14)9(11(15,16)17)21-8(20)6-3-1-5(2-4-6)7(18)19/h1-4,9H,(H,18,19). The highest BCUT2D eigenvalue weighted by molar-refractivity contribution is 5.92. The fourth-order valence-corrected chi connectivity index (χ4v) is 1.24. The smallest absolute Gasteiger partial charge is 0.434 e. The second kappa shape index (κ2) is 5.62. The summed E-state index contributed by atoms with van der Waals surface area (Å²) in [5, 5.41) is 8.56. The number of esters is 1. The molecule has 0 amide bonds. The Morgan fingerprint density at radius 1 is 0.905 bits per heavy atom. The molecule has 21 heavy (non-hydrogen) atoms. The van der Waals surface area contributed by atoms with Crippen LogP contribution in [-0.4, -0.2) is 35.5 Å². The second-order valence-electron chi connectivity index (χ2n) is 3.75. The molecule has 4 nitrogen and oxygen atoms in total. The number of benzene rings is 1. The van der Waals surface area contributed by atoms with Crippen molar-refractivity contribution < 1.29 is 45.8 Å². The summed E-state index contributed by atoms with van der Waals surface area (Å²) in [5.41, 5.74) is -0.937. The van der Waals surface area contributed by atoms with Crippen molar-refractivity contribution in [3.63, 3.8) is 0 Å². The number of ether oxygens (including phenoxy) is 1. The molecule has 10 heteroatoms. The zero-order valence-corrected chi connectivity index (χ0v) is 9.83. The van der Waals surface area contributed by atoms with Crippen molar-refractivity contribution in [3.8, 4) is 0 Å². The van der Waals surface area contributed by atoms with Crippen molar-refractivity contribution in [2.45, 2.75) is 18.5 Å². The fourth-order valence-electron chi connectivity index (χ4n) is 1.24. The zero-order valence-electron chi connectivity index (χ0n) is 9.83. The van der Waals surface area contributed by atoms with E-state index in [2.05, 4.69) is 4.74 Å². The molecule has 0 unspecified atom stereocenters. The third kappa shape index (κ3) is 4.36. The number of hydrogen-bond donors (Lipinski definition) is 1. The van der Waals surface area contributed by atoms with Gasteiger partial charge in [0, 0.05) is 0 Å². The van der Waals surface area contributed by atoms with E-state index in [-0.39, 0.29) is 5.56 Å². The number of alkyl halides is 6. The summed E-state index contributed by atoms with van der Waals surface area (Å²) in [6.45, 7) is 0. The molecule has 0 fully saturated rings. The minimum absolute atomic E-state index is 0.297. The Kier molecular flexibility index (Phi) is 4.49. The monoisotopic (exact) mass is 316 g/mol. The quantitative estimate of drug-likeness (QED) is 0.688. The number of rotatable bonds is 3. The van der Waals surface area contributed by atoms with Crippen LogP contribution in [0.25, 0.3) is 0 Å². The first-order valence-corrected chi connectivity index (χ1v) is 5.10. The number of carboxylic acid groups (broad SMARTS) is 1. The van der Waals surface area contributed by atoms with Crippen LogP contribution in [0, 0.1) is 0 Å². The molecule has 0 bridgehead atoms. The van der Waals surface area contributed by atoms with Gasteiger partial charge in [0.25, 0.3) is 6.10 Å². The van der Waals surface area contributed by atoms with Crippen molar-refractivity contribution in [1.29, 1.82) is 0 Å². The van der Waals surface area contributed by atoms with Gasteiger partial charge < -0.3 is 9.84 Å². The topological polar surface area (TPSA) is 63.6 Å². The minimum Gasteiger partial charge on any atom is -0.478 e. The first-order valence-electron chi connectivity index (χ1n) is 5.10. The summed E-state index contributed by atoms with van der Waals surface area (Å²) in [6.07, 6.45) is -15.9. The van der Waals surface area contributed by atoms with Gasteiger partial charge in [-0.3, -0.25) is 0 Å². The van der Waals surface area contributed by atoms with E-state index in [1.807, 2.05) is 0 Å². The predicted octanol–water partition coefficient (Wildman–Crippen LogP) is 3.03. The third-order valence-corrected chi connectivity index (χ3v) is 2.19. The number of aromatic carboxylic acids is 1. The second-order valence-corrected chi connectivity index (χ2v) is 3.75. The Morgan fingerprint density at radius 2 is 1.29 bits per heavy atom. The van der Waals surface area contributed by atoms with E-state index in [9.17, 15) is 35.9 Å². The van der Waals surface area contributed by atoms with Crippen LogP contribution < -0.4 is 0 Å². The van der Waals surface area contributed by atoms with E-state index in [0.717, 1.165) is 24.3 Å². The van der Waals surface area contributed by atoms with Gasteiger partial charge in [0.2, 0.25) is 0 Å². The lowest BCUT2D eigenvalue weighted by Gasteiger charge is -2.22. The summed E-state index contributed by atoms with van der Waals surface area (Å²) in [5.74, 6) is -3.25. The van der Waals surface area contributed by atoms with Crippen molar-refractivity contribution in [2.24, 2.45) is 0 Å². The van der Waals surface area contributed by atoms with Crippen molar-refractivity contribution in [2.75, 3.05) is 0 Å². The largest absolute Gasteiger partial charge is 0.478 e. The molecule has 0 aromatic heterocycles. The van der Waals surface area contributed by atoms with Gasteiger partial charge in [0.05, 0.1) is 11.1 Å². The van der Waals surface area contributed by atoms with Gasteiger partial charge in [-0.1, -0.05) is 0 Å². The van der Waals surface area contributed by atoms with Crippen molar-refractivity contribution >= 4 is 11.9 Å².